The van der Waals surface area contributed by atoms with Crippen molar-refractivity contribution in [3.05, 3.63) is 24.5 Å². The third kappa shape index (κ3) is 3.76. The molecular weight excluding hydrogens is 332 g/mol. The van der Waals surface area contributed by atoms with E-state index in [0.29, 0.717) is 5.58 Å². The van der Waals surface area contributed by atoms with Gasteiger partial charge in [-0.3, -0.25) is 4.90 Å². The van der Waals surface area contributed by atoms with Crippen molar-refractivity contribution < 1.29 is 23.8 Å². The number of carboxylic acid groups (broad SMARTS) is 1. The molecule has 1 aromatic heterocycles. The molecule has 0 aliphatic heterocycles. The third-order valence-electron chi connectivity index (χ3n) is 3.22. The standard InChI is InChI=1S/C16H20N2O5S/c1-16(2,3)23-15(21)18(12(8-24)14(19)20)11-7-13-9(4-5-22-13)6-10(11)17/h4-7,12,24H,8,17H2,1-3H3,(H,19,20)/t12-/m1/s1. The number of amides is 1. The van der Waals surface area contributed by atoms with Crippen LogP contribution in [0.4, 0.5) is 16.2 Å². The molecule has 7 nitrogen and oxygen atoms in total. The fourth-order valence-electron chi connectivity index (χ4n) is 2.20. The van der Waals surface area contributed by atoms with E-state index >= 15 is 0 Å². The van der Waals surface area contributed by atoms with Crippen LogP contribution < -0.4 is 10.6 Å². The molecule has 0 saturated heterocycles. The van der Waals surface area contributed by atoms with Crippen LogP contribution >= 0.6 is 12.6 Å². The summed E-state index contributed by atoms with van der Waals surface area (Å²) in [5, 5.41) is 10.2. The zero-order valence-corrected chi connectivity index (χ0v) is 14.5. The van der Waals surface area contributed by atoms with E-state index < -0.39 is 23.7 Å². The van der Waals surface area contributed by atoms with Gasteiger partial charge < -0.3 is 20.0 Å². The number of nitrogen functional groups attached to an aromatic ring is 1. The number of hydrogen-bond acceptors (Lipinski definition) is 6. The van der Waals surface area contributed by atoms with Crippen LogP contribution in [0.2, 0.25) is 0 Å². The predicted molar refractivity (Wildman–Crippen MR) is 94.6 cm³/mol. The molecule has 8 heteroatoms. The topological polar surface area (TPSA) is 106 Å². The Bertz CT molecular complexity index is 765. The van der Waals surface area contributed by atoms with Gasteiger partial charge in [0, 0.05) is 17.2 Å². The maximum absolute atomic E-state index is 12.6. The van der Waals surface area contributed by atoms with Crippen LogP contribution in [0.5, 0.6) is 0 Å². The molecule has 0 aliphatic carbocycles. The van der Waals surface area contributed by atoms with E-state index in [1.165, 1.54) is 12.3 Å². The van der Waals surface area contributed by atoms with Gasteiger partial charge in [0.1, 0.15) is 17.2 Å². The van der Waals surface area contributed by atoms with Crippen LogP contribution in [0.3, 0.4) is 0 Å². The number of rotatable bonds is 4. The number of benzene rings is 1. The highest BCUT2D eigenvalue weighted by Crippen LogP contribution is 2.32. The maximum atomic E-state index is 12.6. The van der Waals surface area contributed by atoms with Crippen molar-refractivity contribution in [1.29, 1.82) is 0 Å². The average Bonchev–Trinajstić information content (AvgIpc) is 2.88. The van der Waals surface area contributed by atoms with Gasteiger partial charge in [0.05, 0.1) is 17.6 Å². The lowest BCUT2D eigenvalue weighted by molar-refractivity contribution is -0.138. The number of carbonyl (C=O) groups excluding carboxylic acids is 1. The van der Waals surface area contributed by atoms with Crippen molar-refractivity contribution in [1.82, 2.24) is 0 Å². The van der Waals surface area contributed by atoms with Gasteiger partial charge in [0.15, 0.2) is 0 Å². The van der Waals surface area contributed by atoms with Crippen molar-refractivity contribution in [3.8, 4) is 0 Å². The lowest BCUT2D eigenvalue weighted by Gasteiger charge is -2.31. The van der Waals surface area contributed by atoms with Crippen molar-refractivity contribution in [2.45, 2.75) is 32.4 Å². The normalized spacial score (nSPS) is 12.8. The van der Waals surface area contributed by atoms with E-state index in [-0.39, 0.29) is 17.1 Å². The first kappa shape index (κ1) is 18.0. The predicted octanol–water partition coefficient (Wildman–Crippen LogP) is 3.14. The van der Waals surface area contributed by atoms with E-state index in [9.17, 15) is 14.7 Å². The van der Waals surface area contributed by atoms with E-state index in [0.717, 1.165) is 10.3 Å². The molecular formula is C16H20N2O5S. The van der Waals surface area contributed by atoms with Crippen LogP contribution in [0.1, 0.15) is 20.8 Å². The number of nitrogens with zero attached hydrogens (tertiary/aromatic N) is 1. The van der Waals surface area contributed by atoms with Crippen molar-refractivity contribution in [3.63, 3.8) is 0 Å². The minimum atomic E-state index is -1.24. The Kier molecular flexibility index (Phi) is 4.98. The number of ether oxygens (including phenoxy) is 1. The van der Waals surface area contributed by atoms with E-state index in [4.69, 9.17) is 14.9 Å². The fraction of sp³-hybridized carbons (Fsp3) is 0.375. The molecule has 1 aromatic carbocycles. The summed E-state index contributed by atoms with van der Waals surface area (Å²) in [4.78, 5) is 25.2. The number of anilines is 2. The summed E-state index contributed by atoms with van der Waals surface area (Å²) in [6, 6.07) is 3.62. The molecule has 130 valence electrons. The molecule has 0 radical (unpaired) electrons. The molecule has 0 saturated carbocycles. The SMILES string of the molecule is CC(C)(C)OC(=O)N(c1cc2occc2cc1N)[C@H](CS)C(=O)O. The second-order valence-electron chi connectivity index (χ2n) is 6.26. The summed E-state index contributed by atoms with van der Waals surface area (Å²) >= 11 is 4.05. The van der Waals surface area contributed by atoms with Gasteiger partial charge in [0.2, 0.25) is 0 Å². The van der Waals surface area contributed by atoms with Crippen LogP contribution in [0.25, 0.3) is 11.0 Å². The summed E-state index contributed by atoms with van der Waals surface area (Å²) in [6.45, 7) is 5.08. The monoisotopic (exact) mass is 352 g/mol. The molecule has 0 spiro atoms. The van der Waals surface area contributed by atoms with Gasteiger partial charge >= 0.3 is 12.1 Å². The Balaban J connectivity index is 2.56. The molecule has 3 N–H and O–H groups in total. The summed E-state index contributed by atoms with van der Waals surface area (Å²) in [5.74, 6) is -1.32. The second-order valence-corrected chi connectivity index (χ2v) is 6.62. The Morgan fingerprint density at radius 2 is 2.08 bits per heavy atom. The first-order valence-corrected chi connectivity index (χ1v) is 7.90. The molecule has 1 heterocycles. The Labute approximate surface area is 144 Å². The Morgan fingerprint density at radius 3 is 2.62 bits per heavy atom. The lowest BCUT2D eigenvalue weighted by Crippen LogP contribution is -2.49. The minimum absolute atomic E-state index is 0.107. The first-order chi connectivity index (χ1) is 11.1. The Morgan fingerprint density at radius 1 is 1.42 bits per heavy atom. The average molecular weight is 352 g/mol. The minimum Gasteiger partial charge on any atom is -0.480 e. The highest BCUT2D eigenvalue weighted by atomic mass is 32.1. The summed E-state index contributed by atoms with van der Waals surface area (Å²) in [5.41, 5.74) is 6.16. The molecule has 1 atom stereocenters. The molecule has 0 bridgehead atoms. The summed E-state index contributed by atoms with van der Waals surface area (Å²) in [6.07, 6.45) is 0.667. The van der Waals surface area contributed by atoms with Crippen molar-refractivity contribution in [2.75, 3.05) is 16.4 Å². The molecule has 2 aromatic rings. The molecule has 2 rings (SSSR count). The van der Waals surface area contributed by atoms with E-state index in [2.05, 4.69) is 12.6 Å². The number of aliphatic carboxylic acids is 1. The summed E-state index contributed by atoms with van der Waals surface area (Å²) in [7, 11) is 0. The number of nitrogens with two attached hydrogens (primary N) is 1. The number of thiol groups is 1. The highest BCUT2D eigenvalue weighted by molar-refractivity contribution is 7.80. The molecule has 0 unspecified atom stereocenters. The largest absolute Gasteiger partial charge is 0.480 e. The summed E-state index contributed by atoms with van der Waals surface area (Å²) < 4.78 is 10.7. The van der Waals surface area contributed by atoms with E-state index in [1.54, 1.807) is 32.9 Å². The van der Waals surface area contributed by atoms with Gasteiger partial charge in [-0.05, 0) is 32.9 Å². The fourth-order valence-corrected chi connectivity index (χ4v) is 2.52. The third-order valence-corrected chi connectivity index (χ3v) is 3.57. The quantitative estimate of drug-likeness (QED) is 0.576. The smallest absolute Gasteiger partial charge is 0.415 e. The van der Waals surface area contributed by atoms with Crippen LogP contribution in [-0.2, 0) is 9.53 Å². The molecule has 0 fully saturated rings. The molecule has 1 amide bonds. The van der Waals surface area contributed by atoms with Gasteiger partial charge in [-0.2, -0.15) is 12.6 Å². The van der Waals surface area contributed by atoms with Crippen molar-refractivity contribution in [2.24, 2.45) is 0 Å². The number of carboxylic acids is 1. The highest BCUT2D eigenvalue weighted by Gasteiger charge is 2.34. The lowest BCUT2D eigenvalue weighted by atomic mass is 10.1. The van der Waals surface area contributed by atoms with Gasteiger partial charge in [-0.1, -0.05) is 0 Å². The molecule has 0 aliphatic rings. The van der Waals surface area contributed by atoms with Gasteiger partial charge in [-0.25, -0.2) is 9.59 Å². The first-order valence-electron chi connectivity index (χ1n) is 7.26. The van der Waals surface area contributed by atoms with Crippen LogP contribution in [0.15, 0.2) is 28.9 Å². The van der Waals surface area contributed by atoms with Crippen LogP contribution in [0, 0.1) is 0 Å². The number of hydrogen-bond donors (Lipinski definition) is 3. The zero-order valence-electron chi connectivity index (χ0n) is 13.6. The second kappa shape index (κ2) is 6.64. The van der Waals surface area contributed by atoms with Crippen LogP contribution in [-0.4, -0.2) is 34.6 Å². The van der Waals surface area contributed by atoms with E-state index in [1.807, 2.05) is 0 Å². The van der Waals surface area contributed by atoms with Gasteiger partial charge in [0.25, 0.3) is 0 Å². The molecule has 24 heavy (non-hydrogen) atoms. The van der Waals surface area contributed by atoms with Gasteiger partial charge in [-0.15, -0.1) is 0 Å². The number of carbonyl (C=O) groups is 2. The number of furan rings is 1. The Hall–Kier alpha value is -2.35. The van der Waals surface area contributed by atoms with Crippen molar-refractivity contribution >= 4 is 47.0 Å². The zero-order chi connectivity index (χ0) is 18.1. The number of fused-ring (bicyclic) bond motifs is 1. The maximum Gasteiger partial charge on any atom is 0.415 e.